The number of amides is 1. The van der Waals surface area contributed by atoms with Gasteiger partial charge in [-0.25, -0.2) is 8.78 Å². The standard InChI is InChI=1S/C21H23F2N5OS/c1-11-12(2)26-27-20-16(11)17(24)18(30-20)19(29)25-14-8-9-28(10-14)15-6-4-13(5-7-15)21(3,22)23/h4-7,14H,8-10,24H2,1-3H3,(H,25,29). The number of aromatic nitrogens is 2. The number of thiophene rings is 1. The van der Waals surface area contributed by atoms with Crippen molar-refractivity contribution < 1.29 is 13.6 Å². The molecule has 1 atom stereocenters. The Labute approximate surface area is 177 Å². The van der Waals surface area contributed by atoms with Gasteiger partial charge in [0.25, 0.3) is 11.8 Å². The summed E-state index contributed by atoms with van der Waals surface area (Å²) in [5, 5.41) is 12.1. The molecule has 1 saturated heterocycles. The number of hydrogen-bond acceptors (Lipinski definition) is 6. The highest BCUT2D eigenvalue weighted by molar-refractivity contribution is 7.21. The summed E-state index contributed by atoms with van der Waals surface area (Å²) < 4.78 is 26.8. The highest BCUT2D eigenvalue weighted by atomic mass is 32.1. The van der Waals surface area contributed by atoms with Crippen LogP contribution in [0.2, 0.25) is 0 Å². The van der Waals surface area contributed by atoms with E-state index in [-0.39, 0.29) is 17.5 Å². The van der Waals surface area contributed by atoms with Gasteiger partial charge in [0.2, 0.25) is 0 Å². The lowest BCUT2D eigenvalue weighted by atomic mass is 10.1. The van der Waals surface area contributed by atoms with Gasteiger partial charge < -0.3 is 16.0 Å². The number of fused-ring (bicyclic) bond motifs is 1. The quantitative estimate of drug-likeness (QED) is 0.652. The van der Waals surface area contributed by atoms with Gasteiger partial charge >= 0.3 is 0 Å². The van der Waals surface area contributed by atoms with Gasteiger partial charge in [0, 0.05) is 42.7 Å². The third-order valence-corrected chi connectivity index (χ3v) is 6.69. The van der Waals surface area contributed by atoms with Crippen LogP contribution in [0.5, 0.6) is 0 Å². The second-order valence-electron chi connectivity index (χ2n) is 7.78. The molecule has 3 N–H and O–H groups in total. The molecule has 0 bridgehead atoms. The van der Waals surface area contributed by atoms with Gasteiger partial charge in [0.05, 0.1) is 11.4 Å². The first-order valence-corrected chi connectivity index (χ1v) is 10.5. The number of carbonyl (C=O) groups excluding carboxylic acids is 1. The predicted molar refractivity (Wildman–Crippen MR) is 115 cm³/mol. The van der Waals surface area contributed by atoms with Crippen LogP contribution in [0, 0.1) is 13.8 Å². The number of nitrogens with one attached hydrogen (secondary N) is 1. The summed E-state index contributed by atoms with van der Waals surface area (Å²) >= 11 is 1.24. The molecule has 1 fully saturated rings. The van der Waals surface area contributed by atoms with E-state index < -0.39 is 5.92 Å². The molecule has 1 unspecified atom stereocenters. The molecule has 0 radical (unpaired) electrons. The fourth-order valence-corrected chi connectivity index (χ4v) is 4.74. The predicted octanol–water partition coefficient (Wildman–Crippen LogP) is 4.01. The van der Waals surface area contributed by atoms with Gasteiger partial charge in [0.15, 0.2) is 0 Å². The average molecular weight is 432 g/mol. The molecular formula is C21H23F2N5OS. The van der Waals surface area contributed by atoms with E-state index >= 15 is 0 Å². The van der Waals surface area contributed by atoms with Crippen LogP contribution < -0.4 is 16.0 Å². The maximum absolute atomic E-state index is 13.4. The molecule has 1 aromatic carbocycles. The summed E-state index contributed by atoms with van der Waals surface area (Å²) in [5.74, 6) is -3.08. The maximum Gasteiger partial charge on any atom is 0.270 e. The van der Waals surface area contributed by atoms with Crippen LogP contribution in [-0.4, -0.2) is 35.2 Å². The SMILES string of the molecule is Cc1nnc2sc(C(=O)NC3CCN(c4ccc(C(C)(F)F)cc4)C3)c(N)c2c1C. The van der Waals surface area contributed by atoms with E-state index in [0.29, 0.717) is 21.9 Å². The number of rotatable bonds is 4. The van der Waals surface area contributed by atoms with Crippen molar-refractivity contribution in [3.8, 4) is 0 Å². The molecule has 4 rings (SSSR count). The van der Waals surface area contributed by atoms with Crippen LogP contribution in [0.4, 0.5) is 20.2 Å². The maximum atomic E-state index is 13.4. The Bertz CT molecular complexity index is 1110. The smallest absolute Gasteiger partial charge is 0.270 e. The topological polar surface area (TPSA) is 84.1 Å². The van der Waals surface area contributed by atoms with Crippen molar-refractivity contribution in [3.63, 3.8) is 0 Å². The molecule has 3 heterocycles. The zero-order valence-electron chi connectivity index (χ0n) is 17.0. The molecule has 2 aromatic heterocycles. The number of halogens is 2. The third-order valence-electron chi connectivity index (χ3n) is 5.60. The molecule has 6 nitrogen and oxygen atoms in total. The van der Waals surface area contributed by atoms with Crippen molar-refractivity contribution in [3.05, 3.63) is 46.0 Å². The highest BCUT2D eigenvalue weighted by Crippen LogP contribution is 2.35. The zero-order chi connectivity index (χ0) is 21.6. The Morgan fingerprint density at radius 2 is 1.97 bits per heavy atom. The van der Waals surface area contributed by atoms with Gasteiger partial charge in [-0.1, -0.05) is 12.1 Å². The van der Waals surface area contributed by atoms with Crippen molar-refractivity contribution in [1.29, 1.82) is 0 Å². The zero-order valence-corrected chi connectivity index (χ0v) is 17.8. The second kappa shape index (κ2) is 7.46. The molecule has 9 heteroatoms. The van der Waals surface area contributed by atoms with Crippen molar-refractivity contribution in [1.82, 2.24) is 15.5 Å². The van der Waals surface area contributed by atoms with Crippen molar-refractivity contribution in [2.24, 2.45) is 0 Å². The monoisotopic (exact) mass is 431 g/mol. The molecule has 158 valence electrons. The Kier molecular flexibility index (Phi) is 5.09. The van der Waals surface area contributed by atoms with E-state index in [0.717, 1.165) is 42.2 Å². The first kappa shape index (κ1) is 20.5. The summed E-state index contributed by atoms with van der Waals surface area (Å²) in [6, 6.07) is 6.24. The van der Waals surface area contributed by atoms with E-state index in [1.165, 1.54) is 23.5 Å². The molecule has 30 heavy (non-hydrogen) atoms. The Morgan fingerprint density at radius 1 is 1.27 bits per heavy atom. The second-order valence-corrected chi connectivity index (χ2v) is 8.77. The Balaban J connectivity index is 1.46. The minimum Gasteiger partial charge on any atom is -0.397 e. The largest absolute Gasteiger partial charge is 0.397 e. The third kappa shape index (κ3) is 3.69. The van der Waals surface area contributed by atoms with Gasteiger partial charge in [-0.05, 0) is 38.0 Å². The van der Waals surface area contributed by atoms with E-state index in [1.807, 2.05) is 13.8 Å². The first-order chi connectivity index (χ1) is 14.1. The van der Waals surface area contributed by atoms with Crippen LogP contribution in [0.15, 0.2) is 24.3 Å². The molecule has 3 aromatic rings. The lowest BCUT2D eigenvalue weighted by Gasteiger charge is -2.20. The van der Waals surface area contributed by atoms with Gasteiger partial charge in [-0.3, -0.25) is 4.79 Å². The number of aryl methyl sites for hydroxylation is 2. The molecule has 0 aliphatic carbocycles. The fourth-order valence-electron chi connectivity index (χ4n) is 3.74. The molecule has 1 aliphatic rings. The fraction of sp³-hybridized carbons (Fsp3) is 0.381. The van der Waals surface area contributed by atoms with Gasteiger partial charge in [-0.15, -0.1) is 16.4 Å². The summed E-state index contributed by atoms with van der Waals surface area (Å²) in [7, 11) is 0. The molecule has 1 amide bonds. The van der Waals surface area contributed by atoms with Crippen LogP contribution in [-0.2, 0) is 5.92 Å². The summed E-state index contributed by atoms with van der Waals surface area (Å²) in [6.45, 7) is 6.01. The summed E-state index contributed by atoms with van der Waals surface area (Å²) in [5.41, 5.74) is 9.27. The van der Waals surface area contributed by atoms with E-state index in [9.17, 15) is 13.6 Å². The number of nitrogen functional groups attached to an aromatic ring is 1. The Hall–Kier alpha value is -2.81. The average Bonchev–Trinajstić information content (AvgIpc) is 3.29. The normalized spacial score (nSPS) is 17.0. The number of carbonyl (C=O) groups is 1. The minimum atomic E-state index is -2.86. The molecule has 0 saturated carbocycles. The summed E-state index contributed by atoms with van der Waals surface area (Å²) in [6.07, 6.45) is 0.764. The number of hydrogen-bond donors (Lipinski definition) is 2. The van der Waals surface area contributed by atoms with Gasteiger partial charge in [-0.2, -0.15) is 5.10 Å². The minimum absolute atomic E-state index is 0.0100. The lowest BCUT2D eigenvalue weighted by molar-refractivity contribution is 0.0175. The lowest BCUT2D eigenvalue weighted by Crippen LogP contribution is -2.37. The number of alkyl halides is 2. The number of nitrogens with zero attached hydrogens (tertiary/aromatic N) is 3. The van der Waals surface area contributed by atoms with Crippen molar-refractivity contribution in [2.45, 2.75) is 39.2 Å². The van der Waals surface area contributed by atoms with Crippen molar-refractivity contribution >= 4 is 38.8 Å². The Morgan fingerprint density at radius 3 is 2.63 bits per heavy atom. The molecule has 1 aliphatic heterocycles. The first-order valence-electron chi connectivity index (χ1n) is 9.71. The number of benzene rings is 1. The van der Waals surface area contributed by atoms with E-state index in [1.54, 1.807) is 12.1 Å². The van der Waals surface area contributed by atoms with Crippen LogP contribution in [0.25, 0.3) is 10.2 Å². The van der Waals surface area contributed by atoms with E-state index in [4.69, 9.17) is 5.73 Å². The van der Waals surface area contributed by atoms with Crippen LogP contribution in [0.1, 0.15) is 39.8 Å². The molecule has 0 spiro atoms. The van der Waals surface area contributed by atoms with Crippen LogP contribution >= 0.6 is 11.3 Å². The summed E-state index contributed by atoms with van der Waals surface area (Å²) in [4.78, 5) is 16.0. The number of anilines is 2. The van der Waals surface area contributed by atoms with Crippen molar-refractivity contribution in [2.75, 3.05) is 23.7 Å². The number of nitrogens with two attached hydrogens (primary N) is 1. The molecular weight excluding hydrogens is 408 g/mol. The highest BCUT2D eigenvalue weighted by Gasteiger charge is 2.28. The van der Waals surface area contributed by atoms with Crippen LogP contribution in [0.3, 0.4) is 0 Å². The van der Waals surface area contributed by atoms with E-state index in [2.05, 4.69) is 20.4 Å². The van der Waals surface area contributed by atoms with Gasteiger partial charge in [0.1, 0.15) is 9.71 Å².